The molecule has 2 N–H and O–H groups in total. The number of aliphatic hydroxyl groups is 2. The molecular formula is C29H28O2. The Morgan fingerprint density at radius 2 is 1.16 bits per heavy atom. The molecular weight excluding hydrogens is 380 g/mol. The Balaban J connectivity index is 1.68. The highest BCUT2D eigenvalue weighted by Gasteiger charge is 2.42. The predicted molar refractivity (Wildman–Crippen MR) is 128 cm³/mol. The van der Waals surface area contributed by atoms with Crippen molar-refractivity contribution in [2.24, 2.45) is 0 Å². The fraction of sp³-hybridized carbons (Fsp3) is 0.241. The van der Waals surface area contributed by atoms with Crippen LogP contribution in [0.3, 0.4) is 0 Å². The Labute approximate surface area is 183 Å². The number of rotatable bonds is 7. The molecule has 0 radical (unpaired) electrons. The van der Waals surface area contributed by atoms with Gasteiger partial charge in [-0.1, -0.05) is 72.8 Å². The van der Waals surface area contributed by atoms with E-state index in [1.165, 1.54) is 44.2 Å². The SMILES string of the molecule is OCCCC1(CCCO)c2ccccc2-c2ccc(-c3ccc4ccccc4c3)cc21. The molecule has 2 nitrogen and oxygen atoms in total. The van der Waals surface area contributed by atoms with Crippen molar-refractivity contribution >= 4 is 10.8 Å². The quantitative estimate of drug-likeness (QED) is 0.376. The topological polar surface area (TPSA) is 40.5 Å². The fourth-order valence-corrected chi connectivity index (χ4v) is 5.43. The zero-order valence-corrected chi connectivity index (χ0v) is 17.7. The van der Waals surface area contributed by atoms with Crippen LogP contribution in [-0.2, 0) is 5.41 Å². The van der Waals surface area contributed by atoms with Gasteiger partial charge in [-0.25, -0.2) is 0 Å². The van der Waals surface area contributed by atoms with E-state index in [4.69, 9.17) is 0 Å². The van der Waals surface area contributed by atoms with Crippen molar-refractivity contribution in [3.05, 3.63) is 96.1 Å². The van der Waals surface area contributed by atoms with Crippen LogP contribution in [0.2, 0.25) is 0 Å². The van der Waals surface area contributed by atoms with E-state index in [-0.39, 0.29) is 18.6 Å². The Kier molecular flexibility index (Phi) is 5.35. The Morgan fingerprint density at radius 1 is 0.548 bits per heavy atom. The summed E-state index contributed by atoms with van der Waals surface area (Å²) in [4.78, 5) is 0. The molecule has 156 valence electrons. The van der Waals surface area contributed by atoms with Gasteiger partial charge in [-0.05, 0) is 82.0 Å². The zero-order chi connectivity index (χ0) is 21.3. The number of aliphatic hydroxyl groups excluding tert-OH is 2. The van der Waals surface area contributed by atoms with E-state index in [0.717, 1.165) is 25.7 Å². The molecule has 0 spiro atoms. The third kappa shape index (κ3) is 3.37. The molecule has 0 unspecified atom stereocenters. The molecule has 31 heavy (non-hydrogen) atoms. The van der Waals surface area contributed by atoms with Crippen molar-refractivity contribution in [3.8, 4) is 22.3 Å². The molecule has 1 aliphatic carbocycles. The average Bonchev–Trinajstić information content (AvgIpc) is 3.10. The smallest absolute Gasteiger partial charge is 0.0431 e. The third-order valence-corrected chi connectivity index (χ3v) is 6.87. The lowest BCUT2D eigenvalue weighted by Gasteiger charge is -2.32. The molecule has 0 saturated heterocycles. The molecule has 0 amide bonds. The van der Waals surface area contributed by atoms with Crippen LogP contribution in [0.25, 0.3) is 33.0 Å². The van der Waals surface area contributed by atoms with Crippen molar-refractivity contribution in [3.63, 3.8) is 0 Å². The first-order valence-corrected chi connectivity index (χ1v) is 11.2. The first-order valence-electron chi connectivity index (χ1n) is 11.2. The predicted octanol–water partition coefficient (Wildman–Crippen LogP) is 6.32. The van der Waals surface area contributed by atoms with Crippen molar-refractivity contribution in [2.75, 3.05) is 13.2 Å². The van der Waals surface area contributed by atoms with Crippen LogP contribution in [0.4, 0.5) is 0 Å². The number of benzene rings is 4. The molecule has 0 bridgehead atoms. The van der Waals surface area contributed by atoms with Crippen LogP contribution in [-0.4, -0.2) is 23.4 Å². The molecule has 0 aromatic heterocycles. The van der Waals surface area contributed by atoms with E-state index in [2.05, 4.69) is 84.9 Å². The minimum absolute atomic E-state index is 0.162. The maximum atomic E-state index is 9.65. The van der Waals surface area contributed by atoms with Crippen LogP contribution in [0.1, 0.15) is 36.8 Å². The third-order valence-electron chi connectivity index (χ3n) is 6.87. The molecule has 4 aromatic rings. The van der Waals surface area contributed by atoms with Crippen molar-refractivity contribution in [1.29, 1.82) is 0 Å². The van der Waals surface area contributed by atoms with E-state index >= 15 is 0 Å². The minimum atomic E-state index is -0.162. The maximum absolute atomic E-state index is 9.65. The summed E-state index contributed by atoms with van der Waals surface area (Å²) < 4.78 is 0. The van der Waals surface area contributed by atoms with Gasteiger partial charge in [0.25, 0.3) is 0 Å². The van der Waals surface area contributed by atoms with E-state index < -0.39 is 0 Å². The van der Waals surface area contributed by atoms with Gasteiger partial charge in [0.15, 0.2) is 0 Å². The van der Waals surface area contributed by atoms with Crippen LogP contribution in [0.5, 0.6) is 0 Å². The summed E-state index contributed by atoms with van der Waals surface area (Å²) in [6.07, 6.45) is 3.27. The van der Waals surface area contributed by atoms with Crippen molar-refractivity contribution < 1.29 is 10.2 Å². The second-order valence-corrected chi connectivity index (χ2v) is 8.60. The summed E-state index contributed by atoms with van der Waals surface area (Å²) in [5.74, 6) is 0. The summed E-state index contributed by atoms with van der Waals surface area (Å²) in [6, 6.07) is 30.6. The second kappa shape index (κ2) is 8.30. The highest BCUT2D eigenvalue weighted by atomic mass is 16.3. The van der Waals surface area contributed by atoms with Gasteiger partial charge in [0.05, 0.1) is 0 Å². The van der Waals surface area contributed by atoms with Gasteiger partial charge in [-0.3, -0.25) is 0 Å². The number of hydrogen-bond donors (Lipinski definition) is 2. The number of hydrogen-bond acceptors (Lipinski definition) is 2. The Morgan fingerprint density at radius 3 is 1.94 bits per heavy atom. The highest BCUT2D eigenvalue weighted by Crippen LogP contribution is 2.54. The van der Waals surface area contributed by atoms with Crippen LogP contribution in [0, 0.1) is 0 Å². The molecule has 0 atom stereocenters. The lowest BCUT2D eigenvalue weighted by atomic mass is 9.71. The van der Waals surface area contributed by atoms with Crippen molar-refractivity contribution in [1.82, 2.24) is 0 Å². The Bertz CT molecular complexity index is 1220. The molecule has 0 aliphatic heterocycles. The molecule has 5 rings (SSSR count). The van der Waals surface area contributed by atoms with E-state index in [1.807, 2.05) is 0 Å². The first kappa shape index (κ1) is 20.0. The van der Waals surface area contributed by atoms with Gasteiger partial charge in [0.2, 0.25) is 0 Å². The van der Waals surface area contributed by atoms with Crippen LogP contribution < -0.4 is 0 Å². The standard InChI is InChI=1S/C29H28O2/c30-17-5-15-29(16-6-18-31)27-10-4-3-9-25(27)26-14-13-24(20-28(26)29)23-12-11-21-7-1-2-8-22(21)19-23/h1-4,7-14,19-20,30-31H,5-6,15-18H2. The minimum Gasteiger partial charge on any atom is -0.396 e. The van der Waals surface area contributed by atoms with Crippen LogP contribution in [0.15, 0.2) is 84.9 Å². The molecule has 0 fully saturated rings. The fourth-order valence-electron chi connectivity index (χ4n) is 5.43. The largest absolute Gasteiger partial charge is 0.396 e. The second-order valence-electron chi connectivity index (χ2n) is 8.60. The van der Waals surface area contributed by atoms with E-state index in [0.29, 0.717) is 0 Å². The monoisotopic (exact) mass is 408 g/mol. The molecule has 0 saturated carbocycles. The van der Waals surface area contributed by atoms with Gasteiger partial charge in [-0.2, -0.15) is 0 Å². The zero-order valence-electron chi connectivity index (χ0n) is 17.7. The normalized spacial score (nSPS) is 13.9. The van der Waals surface area contributed by atoms with Crippen LogP contribution >= 0.6 is 0 Å². The summed E-state index contributed by atoms with van der Waals surface area (Å²) in [5, 5.41) is 21.8. The van der Waals surface area contributed by atoms with Gasteiger partial charge >= 0.3 is 0 Å². The number of fused-ring (bicyclic) bond motifs is 4. The van der Waals surface area contributed by atoms with Gasteiger partial charge < -0.3 is 10.2 Å². The summed E-state index contributed by atoms with van der Waals surface area (Å²) in [6.45, 7) is 0.367. The average molecular weight is 409 g/mol. The summed E-state index contributed by atoms with van der Waals surface area (Å²) in [7, 11) is 0. The van der Waals surface area contributed by atoms with Crippen molar-refractivity contribution in [2.45, 2.75) is 31.1 Å². The molecule has 2 heteroatoms. The molecule has 1 aliphatic rings. The maximum Gasteiger partial charge on any atom is 0.0431 e. The summed E-state index contributed by atoms with van der Waals surface area (Å²) >= 11 is 0. The highest BCUT2D eigenvalue weighted by molar-refractivity contribution is 5.89. The lowest BCUT2D eigenvalue weighted by molar-refractivity contribution is 0.247. The van der Waals surface area contributed by atoms with Gasteiger partial charge in [0, 0.05) is 18.6 Å². The van der Waals surface area contributed by atoms with E-state index in [9.17, 15) is 10.2 Å². The van der Waals surface area contributed by atoms with E-state index in [1.54, 1.807) is 0 Å². The van der Waals surface area contributed by atoms with Gasteiger partial charge in [0.1, 0.15) is 0 Å². The van der Waals surface area contributed by atoms with Gasteiger partial charge in [-0.15, -0.1) is 0 Å². The first-order chi connectivity index (χ1) is 15.3. The molecule has 0 heterocycles. The molecule has 4 aromatic carbocycles. The lowest BCUT2D eigenvalue weighted by Crippen LogP contribution is -2.26. The Hall–Kier alpha value is -2.94. The summed E-state index contributed by atoms with van der Waals surface area (Å²) in [5.41, 5.74) is 7.52.